The fourth-order valence-corrected chi connectivity index (χ4v) is 8.57. The lowest BCUT2D eigenvalue weighted by atomic mass is 9.92. The summed E-state index contributed by atoms with van der Waals surface area (Å²) in [5.74, 6) is -3.68. The number of methoxy groups -OCH3 is 1. The monoisotopic (exact) mass is 1100 g/mol. The van der Waals surface area contributed by atoms with Crippen molar-refractivity contribution < 1.29 is 62.0 Å². The number of anilines is 1. The highest BCUT2D eigenvalue weighted by Gasteiger charge is 2.48. The summed E-state index contributed by atoms with van der Waals surface area (Å²) in [5, 5.41) is 16.5. The second-order valence-electron chi connectivity index (χ2n) is 21.0. The molecule has 5 rings (SSSR count). The van der Waals surface area contributed by atoms with E-state index in [0.717, 1.165) is 11.1 Å². The molecule has 8 atom stereocenters. The van der Waals surface area contributed by atoms with Gasteiger partial charge in [0, 0.05) is 44.1 Å². The Bertz CT molecular complexity index is 2610. The summed E-state index contributed by atoms with van der Waals surface area (Å²) in [6.45, 7) is 12.6. The molecular formula is C56H75ClN8O13. The van der Waals surface area contributed by atoms with Gasteiger partial charge in [-0.05, 0) is 97.5 Å². The number of primary amides is 1. The first kappa shape index (κ1) is 61.6. The second kappa shape index (κ2) is 28.9. The van der Waals surface area contributed by atoms with Gasteiger partial charge in [0.15, 0.2) is 6.10 Å². The van der Waals surface area contributed by atoms with Crippen molar-refractivity contribution >= 4 is 65.0 Å². The van der Waals surface area contributed by atoms with Gasteiger partial charge in [0.25, 0.3) is 0 Å². The van der Waals surface area contributed by atoms with Gasteiger partial charge in [0.05, 0.1) is 29.7 Å². The number of epoxide rings is 1. The third-order valence-corrected chi connectivity index (χ3v) is 13.5. The molecule has 1 unspecified atom stereocenters. The van der Waals surface area contributed by atoms with Gasteiger partial charge in [-0.1, -0.05) is 94.8 Å². The molecular weight excluding hydrogens is 1030 g/mol. The summed E-state index contributed by atoms with van der Waals surface area (Å²) in [5.41, 5.74) is 13.2. The zero-order chi connectivity index (χ0) is 57.3. The highest BCUT2D eigenvalue weighted by atomic mass is 35.5. The highest BCUT2D eigenvalue weighted by Crippen LogP contribution is 2.45. The first-order chi connectivity index (χ1) is 36.9. The van der Waals surface area contributed by atoms with Crippen LogP contribution in [0.15, 0.2) is 78.9 Å². The van der Waals surface area contributed by atoms with Gasteiger partial charge in [0.1, 0.15) is 36.6 Å². The van der Waals surface area contributed by atoms with E-state index in [-0.39, 0.29) is 69.9 Å². The molecule has 2 aliphatic heterocycles. The molecule has 1 saturated heterocycles. The number of carbonyl (C=O) groups excluding carboxylic acids is 8. The lowest BCUT2D eigenvalue weighted by Gasteiger charge is -2.29. The molecule has 1 fully saturated rings. The number of hydrogen-bond acceptors (Lipinski definition) is 14. The van der Waals surface area contributed by atoms with Crippen LogP contribution >= 0.6 is 11.6 Å². The van der Waals surface area contributed by atoms with Gasteiger partial charge < -0.3 is 67.1 Å². The molecule has 3 aromatic rings. The molecule has 78 heavy (non-hydrogen) atoms. The Morgan fingerprint density at radius 1 is 0.885 bits per heavy atom. The van der Waals surface area contributed by atoms with Crippen molar-refractivity contribution in [2.45, 2.75) is 136 Å². The summed E-state index contributed by atoms with van der Waals surface area (Å²) in [4.78, 5) is 104. The van der Waals surface area contributed by atoms with Crippen molar-refractivity contribution in [3.63, 3.8) is 0 Å². The van der Waals surface area contributed by atoms with E-state index in [1.165, 1.54) is 13.2 Å². The van der Waals surface area contributed by atoms with E-state index in [9.17, 15) is 38.4 Å². The molecule has 2 heterocycles. The molecule has 22 heteroatoms. The molecule has 0 radical (unpaired) electrons. The number of benzene rings is 3. The third-order valence-electron chi connectivity index (χ3n) is 13.2. The minimum Gasteiger partial charge on any atom is -0.495 e. The average molecular weight is 1100 g/mol. The summed E-state index contributed by atoms with van der Waals surface area (Å²) in [6.07, 6.45) is 0.310. The lowest BCUT2D eigenvalue weighted by Crippen LogP contribution is -2.51. The Balaban J connectivity index is 1.17. The number of cyclic esters (lactones) is 2. The summed E-state index contributed by atoms with van der Waals surface area (Å²) >= 11 is 6.37. The number of hydrogen-bond donors (Lipinski definition) is 8. The maximum Gasteiger partial charge on any atom is 0.407 e. The van der Waals surface area contributed by atoms with E-state index in [1.807, 2.05) is 45.0 Å². The molecule has 3 aromatic carbocycles. The Kier molecular flexibility index (Phi) is 22.9. The maximum absolute atomic E-state index is 13.9. The Hall–Kier alpha value is -7.23. The summed E-state index contributed by atoms with van der Waals surface area (Å²) in [7, 11) is 1.49. The molecule has 0 saturated carbocycles. The van der Waals surface area contributed by atoms with Crippen LogP contribution in [0.5, 0.6) is 5.75 Å². The number of rotatable bonds is 21. The molecule has 0 bridgehead atoms. The number of urea groups is 1. The van der Waals surface area contributed by atoms with E-state index in [4.69, 9.17) is 46.8 Å². The smallest absolute Gasteiger partial charge is 0.407 e. The number of ether oxygens (including phenoxy) is 5. The molecule has 2 aliphatic rings. The zero-order valence-corrected chi connectivity index (χ0v) is 46.2. The predicted octanol–water partition coefficient (Wildman–Crippen LogP) is 5.41. The lowest BCUT2D eigenvalue weighted by molar-refractivity contribution is -0.179. The van der Waals surface area contributed by atoms with Crippen molar-refractivity contribution in [3.05, 3.63) is 106 Å². The van der Waals surface area contributed by atoms with Crippen LogP contribution in [0.2, 0.25) is 5.02 Å². The van der Waals surface area contributed by atoms with Gasteiger partial charge in [-0.3, -0.25) is 24.0 Å². The van der Waals surface area contributed by atoms with E-state index < -0.39 is 95.5 Å². The van der Waals surface area contributed by atoms with Crippen LogP contribution < -0.4 is 48.1 Å². The van der Waals surface area contributed by atoms with Gasteiger partial charge in [-0.2, -0.15) is 0 Å². The molecule has 21 nitrogen and oxygen atoms in total. The SMILES string of the molecule is COc1ccc(C[C@H]2NC(=O)/C=C/C[C@@H]([C@H](C)[C@@H]3O[C@H]3c3ccc(CNC(=O)OCc4ccc(NC(=O)[C@H](CCCNC(N)=O)NC(=O)C(N)C(C)C)cc4)cc3)OC(=O)[C@H](CC(C)C)OC(=O)C(C)(C)CNC2=O)cc1Cl. The van der Waals surface area contributed by atoms with Crippen LogP contribution in [-0.4, -0.2) is 104 Å². The van der Waals surface area contributed by atoms with Crippen LogP contribution in [-0.2, 0) is 67.3 Å². The number of halogens is 1. The van der Waals surface area contributed by atoms with Gasteiger partial charge in [-0.25, -0.2) is 14.4 Å². The number of nitrogens with two attached hydrogens (primary N) is 2. The molecule has 10 N–H and O–H groups in total. The van der Waals surface area contributed by atoms with Crippen LogP contribution in [0.25, 0.3) is 0 Å². The number of alkyl carbamates (subject to hydrolysis) is 1. The molecule has 7 amide bonds. The van der Waals surface area contributed by atoms with E-state index >= 15 is 0 Å². The zero-order valence-electron chi connectivity index (χ0n) is 45.5. The number of esters is 2. The normalized spacial score (nSPS) is 21.3. The van der Waals surface area contributed by atoms with Crippen LogP contribution in [0.3, 0.4) is 0 Å². The fourth-order valence-electron chi connectivity index (χ4n) is 8.29. The van der Waals surface area contributed by atoms with Crippen molar-refractivity contribution in [1.82, 2.24) is 26.6 Å². The number of amides is 7. The van der Waals surface area contributed by atoms with Gasteiger partial charge >= 0.3 is 24.1 Å². The van der Waals surface area contributed by atoms with Crippen LogP contribution in [0.1, 0.15) is 103 Å². The van der Waals surface area contributed by atoms with Gasteiger partial charge in [-0.15, -0.1) is 0 Å². The standard InChI is InChI=1S/C56H75ClN8O13/c1-31(2)25-44-52(70)76-42(12-9-13-45(66)64-41(27-36-18-23-43(74-8)39(57)26-36)49(67)62-30-56(6,7)53(71)77-44)33(5)47-48(78-47)37-19-14-34(15-20-37)28-61-55(73)75-29-35-16-21-38(22-17-35)63-50(68)40(11-10-24-60-54(59)72)65-51(69)46(58)32(3)4/h9,13-23,26,31-33,40-42,44,46-48H,10-12,24-25,27-30,58H2,1-8H3,(H,61,73)(H,62,67)(H,63,68)(H,64,66)(H,65,69)(H3,59,60,72)/b13-9+/t33-,40-,41+,42-,44-,46?,47-,48-/m0/s1. The van der Waals surface area contributed by atoms with Crippen molar-refractivity contribution in [2.75, 3.05) is 25.5 Å². The molecule has 0 aromatic heterocycles. The van der Waals surface area contributed by atoms with Crippen molar-refractivity contribution in [1.29, 1.82) is 0 Å². The molecule has 0 spiro atoms. The Labute approximate surface area is 460 Å². The first-order valence-electron chi connectivity index (χ1n) is 26.1. The van der Waals surface area contributed by atoms with Crippen molar-refractivity contribution in [2.24, 2.45) is 34.6 Å². The minimum atomic E-state index is -1.27. The molecule has 424 valence electrons. The van der Waals surface area contributed by atoms with Gasteiger partial charge in [0.2, 0.25) is 23.6 Å². The quantitative estimate of drug-likeness (QED) is 0.0287. The van der Waals surface area contributed by atoms with Crippen LogP contribution in [0.4, 0.5) is 15.3 Å². The minimum absolute atomic E-state index is 0.0551. The Morgan fingerprint density at radius 3 is 2.21 bits per heavy atom. The van der Waals surface area contributed by atoms with Crippen molar-refractivity contribution in [3.8, 4) is 5.75 Å². The maximum atomic E-state index is 13.9. The first-order valence-corrected chi connectivity index (χ1v) is 26.4. The van der Waals surface area contributed by atoms with E-state index in [1.54, 1.807) is 76.2 Å². The fraction of sp³-hybridized carbons (Fsp3) is 0.500. The third kappa shape index (κ3) is 19.0. The highest BCUT2D eigenvalue weighted by molar-refractivity contribution is 6.32. The van der Waals surface area contributed by atoms with Crippen LogP contribution in [0, 0.1) is 23.2 Å². The van der Waals surface area contributed by atoms with E-state index in [2.05, 4.69) is 31.9 Å². The number of carbonyl (C=O) groups is 8. The topological polar surface area (TPSA) is 310 Å². The average Bonchev–Trinajstić information content (AvgIpc) is 4.21. The largest absolute Gasteiger partial charge is 0.495 e. The Morgan fingerprint density at radius 2 is 1.56 bits per heavy atom. The summed E-state index contributed by atoms with van der Waals surface area (Å²) < 4.78 is 28.8. The molecule has 0 aliphatic carbocycles. The predicted molar refractivity (Wildman–Crippen MR) is 290 cm³/mol. The number of nitrogens with one attached hydrogen (secondary N) is 6. The second-order valence-corrected chi connectivity index (χ2v) is 21.4. The summed E-state index contributed by atoms with van der Waals surface area (Å²) in [6, 6.07) is 15.6. The van der Waals surface area contributed by atoms with E-state index in [0.29, 0.717) is 34.0 Å².